The number of rotatable bonds is 21. The number of nitrogens with one attached hydrogen (secondary N) is 6. The first-order valence-corrected chi connectivity index (χ1v) is 17.2. The van der Waals surface area contributed by atoms with Crippen LogP contribution in [0.15, 0.2) is 0 Å². The predicted octanol–water partition coefficient (Wildman–Crippen LogP) is -4.50. The maximum atomic E-state index is 13.3. The van der Waals surface area contributed by atoms with Gasteiger partial charge in [-0.3, -0.25) is 38.4 Å². The zero-order valence-corrected chi connectivity index (χ0v) is 30.7. The van der Waals surface area contributed by atoms with E-state index in [9.17, 15) is 63.6 Å². The zero-order valence-electron chi connectivity index (χ0n) is 30.7. The van der Waals surface area contributed by atoms with Crippen LogP contribution >= 0.6 is 0 Å². The van der Waals surface area contributed by atoms with Gasteiger partial charge in [0, 0.05) is 13.0 Å². The molecular weight excluding hydrogens is 704 g/mol. The van der Waals surface area contributed by atoms with Crippen LogP contribution in [0, 0.1) is 11.8 Å². The number of aliphatic hydroxyl groups is 2. The topological polar surface area (TPSA) is 336 Å². The second-order valence-electron chi connectivity index (χ2n) is 13.5. The lowest BCUT2D eigenvalue weighted by atomic mass is 10.0. The summed E-state index contributed by atoms with van der Waals surface area (Å²) in [6.07, 6.45) is -3.78. The van der Waals surface area contributed by atoms with Crippen molar-refractivity contribution in [2.24, 2.45) is 17.6 Å². The van der Waals surface area contributed by atoms with E-state index in [2.05, 4.69) is 31.9 Å². The normalized spacial score (nSPS) is 18.0. The summed E-state index contributed by atoms with van der Waals surface area (Å²) in [7, 11) is 0. The molecule has 8 atom stereocenters. The third kappa shape index (κ3) is 14.9. The van der Waals surface area contributed by atoms with Gasteiger partial charge >= 0.3 is 11.9 Å². The SMILES string of the molecule is CC(C)[C@H](N)C(=O)NCC(=O)N[C@H](C(=O)NCC(=O)N[C@H](C(=O)N[C@@H](CCC(=O)O)C(=O)N[C@H](C(=O)N1CCC[C@H]1C(=O)O)[C@@H](C)O)[C@@H](C)O)C(C)C. The van der Waals surface area contributed by atoms with Gasteiger partial charge in [-0.15, -0.1) is 0 Å². The van der Waals surface area contributed by atoms with E-state index in [1.54, 1.807) is 27.7 Å². The fourth-order valence-corrected chi connectivity index (χ4v) is 5.16. The highest BCUT2D eigenvalue weighted by Gasteiger charge is 2.40. The van der Waals surface area contributed by atoms with E-state index in [0.29, 0.717) is 6.42 Å². The van der Waals surface area contributed by atoms with E-state index in [4.69, 9.17) is 5.73 Å². The molecule has 300 valence electrons. The molecule has 1 aliphatic heterocycles. The Kier molecular flexibility index (Phi) is 18.8. The summed E-state index contributed by atoms with van der Waals surface area (Å²) < 4.78 is 0. The summed E-state index contributed by atoms with van der Waals surface area (Å²) in [4.78, 5) is 114. The Morgan fingerprint density at radius 3 is 1.68 bits per heavy atom. The number of likely N-dealkylation sites (tertiary alicyclic amines) is 1. The third-order valence-electron chi connectivity index (χ3n) is 8.36. The summed E-state index contributed by atoms with van der Waals surface area (Å²) in [6, 6.07) is -8.25. The van der Waals surface area contributed by atoms with Crippen LogP contribution in [-0.2, 0) is 43.2 Å². The minimum atomic E-state index is -1.74. The number of aliphatic hydroxyl groups excluding tert-OH is 2. The molecule has 0 aliphatic carbocycles. The van der Waals surface area contributed by atoms with Gasteiger partial charge in [-0.25, -0.2) is 4.79 Å². The molecule has 1 aliphatic rings. The van der Waals surface area contributed by atoms with Gasteiger partial charge in [0.2, 0.25) is 41.4 Å². The quantitative estimate of drug-likeness (QED) is 0.0526. The van der Waals surface area contributed by atoms with Crippen LogP contribution in [0.2, 0.25) is 0 Å². The van der Waals surface area contributed by atoms with E-state index < -0.39 is 134 Å². The molecule has 21 nitrogen and oxygen atoms in total. The Bertz CT molecular complexity index is 1360. The van der Waals surface area contributed by atoms with Gasteiger partial charge in [-0.2, -0.15) is 0 Å². The highest BCUT2D eigenvalue weighted by atomic mass is 16.4. The number of carboxylic acids is 2. The first-order valence-electron chi connectivity index (χ1n) is 17.2. The number of hydrogen-bond donors (Lipinski definition) is 11. The number of aliphatic carboxylic acids is 2. The number of hydrogen-bond acceptors (Lipinski definition) is 12. The fraction of sp³-hybridized carbons (Fsp3) is 0.719. The average Bonchev–Trinajstić information content (AvgIpc) is 3.57. The maximum Gasteiger partial charge on any atom is 0.326 e. The Morgan fingerprint density at radius 2 is 1.21 bits per heavy atom. The first kappa shape index (κ1) is 46.1. The summed E-state index contributed by atoms with van der Waals surface area (Å²) in [5.74, 6) is -9.49. The summed E-state index contributed by atoms with van der Waals surface area (Å²) >= 11 is 0. The second-order valence-corrected chi connectivity index (χ2v) is 13.5. The van der Waals surface area contributed by atoms with Gasteiger partial charge in [-0.05, 0) is 44.9 Å². The molecule has 0 bridgehead atoms. The molecule has 0 unspecified atom stereocenters. The number of nitrogens with zero attached hydrogens (tertiary/aromatic N) is 1. The molecule has 7 amide bonds. The van der Waals surface area contributed by atoms with Crippen molar-refractivity contribution in [1.82, 2.24) is 36.8 Å². The second kappa shape index (κ2) is 21.6. The van der Waals surface area contributed by atoms with Crippen molar-refractivity contribution >= 4 is 53.3 Å². The maximum absolute atomic E-state index is 13.3. The molecule has 0 saturated carbocycles. The van der Waals surface area contributed by atoms with Crippen LogP contribution in [0.1, 0.15) is 67.2 Å². The minimum absolute atomic E-state index is 0.0465. The monoisotopic (exact) mass is 758 g/mol. The van der Waals surface area contributed by atoms with Crippen molar-refractivity contribution in [2.75, 3.05) is 19.6 Å². The molecule has 12 N–H and O–H groups in total. The zero-order chi connectivity index (χ0) is 40.7. The van der Waals surface area contributed by atoms with Crippen LogP contribution < -0.4 is 37.6 Å². The van der Waals surface area contributed by atoms with Crippen LogP contribution in [0.4, 0.5) is 0 Å². The summed E-state index contributed by atoms with van der Waals surface area (Å²) in [6.45, 7) is 7.82. The number of carbonyl (C=O) groups is 9. The van der Waals surface area contributed by atoms with E-state index in [1.165, 1.54) is 6.92 Å². The average molecular weight is 759 g/mol. The van der Waals surface area contributed by atoms with E-state index in [1.807, 2.05) is 0 Å². The van der Waals surface area contributed by atoms with Crippen LogP contribution in [0.5, 0.6) is 0 Å². The standard InChI is InChI=1S/C32H54N8O13/c1-14(2)23(33)28(48)34-12-20(43)37-24(15(3)4)29(49)35-13-21(44)38-25(16(5)41)30(50)36-18(9-10-22(45)46)27(47)39-26(17(6)42)31(51)40-11-7-8-19(40)32(52)53/h14-19,23-26,41-42H,7-13,33H2,1-6H3,(H,34,48)(H,35,49)(H,36,50)(H,37,43)(H,38,44)(H,39,47)(H,45,46)(H,52,53)/t16-,17-,18+,19+,23+,24+,25+,26+/m1/s1. The van der Waals surface area contributed by atoms with Gasteiger partial charge in [0.25, 0.3) is 0 Å². The van der Waals surface area contributed by atoms with Crippen molar-refractivity contribution in [3.63, 3.8) is 0 Å². The highest BCUT2D eigenvalue weighted by molar-refractivity contribution is 5.97. The lowest BCUT2D eigenvalue weighted by molar-refractivity contribution is -0.150. The molecular formula is C32H54N8O13. The number of carbonyl (C=O) groups excluding carboxylic acids is 7. The number of nitrogens with two attached hydrogens (primary N) is 1. The number of amides is 7. The van der Waals surface area contributed by atoms with Gasteiger partial charge < -0.3 is 63.0 Å². The van der Waals surface area contributed by atoms with Gasteiger partial charge in [0.15, 0.2) is 0 Å². The molecule has 1 saturated heterocycles. The molecule has 1 heterocycles. The van der Waals surface area contributed by atoms with Gasteiger partial charge in [0.1, 0.15) is 30.2 Å². The lowest BCUT2D eigenvalue weighted by Crippen LogP contribution is -2.61. The molecule has 1 fully saturated rings. The fourth-order valence-electron chi connectivity index (χ4n) is 5.16. The molecule has 21 heteroatoms. The first-order chi connectivity index (χ1) is 24.6. The molecule has 0 spiro atoms. The molecule has 0 aromatic heterocycles. The highest BCUT2D eigenvalue weighted by Crippen LogP contribution is 2.19. The molecule has 1 rings (SSSR count). The largest absolute Gasteiger partial charge is 0.481 e. The third-order valence-corrected chi connectivity index (χ3v) is 8.36. The van der Waals surface area contributed by atoms with Crippen LogP contribution in [-0.4, -0.2) is 147 Å². The van der Waals surface area contributed by atoms with E-state index in [-0.39, 0.29) is 18.9 Å². The smallest absolute Gasteiger partial charge is 0.326 e. The van der Waals surface area contributed by atoms with Crippen LogP contribution in [0.25, 0.3) is 0 Å². The lowest BCUT2D eigenvalue weighted by Gasteiger charge is -2.30. The van der Waals surface area contributed by atoms with Crippen LogP contribution in [0.3, 0.4) is 0 Å². The Hall–Kier alpha value is -4.89. The summed E-state index contributed by atoms with van der Waals surface area (Å²) in [5.41, 5.74) is 5.75. The summed E-state index contributed by atoms with van der Waals surface area (Å²) in [5, 5.41) is 53.1. The molecule has 53 heavy (non-hydrogen) atoms. The van der Waals surface area contributed by atoms with Crippen molar-refractivity contribution in [1.29, 1.82) is 0 Å². The van der Waals surface area contributed by atoms with Gasteiger partial charge in [-0.1, -0.05) is 27.7 Å². The Balaban J connectivity index is 2.97. The number of carboxylic acid groups (broad SMARTS) is 2. The van der Waals surface area contributed by atoms with E-state index in [0.717, 1.165) is 11.8 Å². The van der Waals surface area contributed by atoms with Crippen molar-refractivity contribution in [2.45, 2.75) is 116 Å². The minimum Gasteiger partial charge on any atom is -0.481 e. The van der Waals surface area contributed by atoms with Crippen molar-refractivity contribution in [3.8, 4) is 0 Å². The Labute approximate surface area is 306 Å². The Morgan fingerprint density at radius 1 is 0.679 bits per heavy atom. The predicted molar refractivity (Wildman–Crippen MR) is 184 cm³/mol. The molecule has 0 aromatic rings. The van der Waals surface area contributed by atoms with Gasteiger partial charge in [0.05, 0.1) is 31.3 Å². The molecule has 0 aromatic carbocycles. The van der Waals surface area contributed by atoms with E-state index >= 15 is 0 Å². The van der Waals surface area contributed by atoms with Crippen molar-refractivity contribution in [3.05, 3.63) is 0 Å². The molecule has 0 radical (unpaired) electrons. The van der Waals surface area contributed by atoms with Crippen molar-refractivity contribution < 1.29 is 63.6 Å².